The third kappa shape index (κ3) is 2.63. The summed E-state index contributed by atoms with van der Waals surface area (Å²) in [6.45, 7) is 0. The lowest BCUT2D eigenvalue weighted by molar-refractivity contribution is 0.419. The van der Waals surface area contributed by atoms with Crippen LogP contribution in [0.15, 0.2) is 36.4 Å². The lowest BCUT2D eigenvalue weighted by Crippen LogP contribution is -2.22. The molecule has 0 amide bonds. The molecule has 1 aliphatic rings. The van der Waals surface area contributed by atoms with Crippen LogP contribution in [-0.2, 0) is 9.84 Å². The van der Waals surface area contributed by atoms with Gasteiger partial charge in [-0.3, -0.25) is 0 Å². The Hall–Kier alpha value is -1.59. The number of sulfone groups is 1. The molecule has 2 aromatic rings. The van der Waals surface area contributed by atoms with E-state index in [1.807, 2.05) is 36.4 Å². The van der Waals surface area contributed by atoms with Gasteiger partial charge in [-0.25, -0.2) is 8.42 Å². The minimum absolute atomic E-state index is 0.00759. The van der Waals surface area contributed by atoms with Crippen molar-refractivity contribution in [2.24, 2.45) is 11.7 Å². The molecule has 21 heavy (non-hydrogen) atoms. The summed E-state index contributed by atoms with van der Waals surface area (Å²) >= 11 is 0. The zero-order chi connectivity index (χ0) is 15.0. The van der Waals surface area contributed by atoms with Gasteiger partial charge in [-0.1, -0.05) is 30.3 Å². The van der Waals surface area contributed by atoms with Gasteiger partial charge in [0.1, 0.15) is 5.75 Å². The first-order chi connectivity index (χ1) is 10.0. The number of hydrogen-bond donors (Lipinski definition) is 1. The Labute approximate surface area is 124 Å². The van der Waals surface area contributed by atoms with Crippen LogP contribution in [0.2, 0.25) is 0 Å². The van der Waals surface area contributed by atoms with E-state index in [-0.39, 0.29) is 23.5 Å². The summed E-state index contributed by atoms with van der Waals surface area (Å²) < 4.78 is 28.7. The molecule has 0 bridgehead atoms. The predicted octanol–water partition coefficient (Wildman–Crippen LogP) is 2.28. The van der Waals surface area contributed by atoms with Crippen molar-refractivity contribution in [3.63, 3.8) is 0 Å². The van der Waals surface area contributed by atoms with Crippen LogP contribution < -0.4 is 10.5 Å². The molecule has 0 radical (unpaired) electrons. The van der Waals surface area contributed by atoms with Crippen molar-refractivity contribution in [3.8, 4) is 5.75 Å². The number of rotatable bonds is 3. The van der Waals surface area contributed by atoms with Crippen molar-refractivity contribution >= 4 is 20.6 Å². The van der Waals surface area contributed by atoms with Crippen molar-refractivity contribution in [2.45, 2.75) is 12.5 Å². The van der Waals surface area contributed by atoms with E-state index in [4.69, 9.17) is 10.5 Å². The van der Waals surface area contributed by atoms with Gasteiger partial charge in [0.2, 0.25) is 0 Å². The molecule has 4 nitrogen and oxygen atoms in total. The highest BCUT2D eigenvalue weighted by molar-refractivity contribution is 7.91. The normalized spacial score (nSPS) is 22.3. The van der Waals surface area contributed by atoms with Crippen molar-refractivity contribution in [1.29, 1.82) is 0 Å². The second kappa shape index (κ2) is 5.31. The molecule has 2 unspecified atom stereocenters. The van der Waals surface area contributed by atoms with Crippen LogP contribution in [0, 0.1) is 5.92 Å². The third-order valence-corrected chi connectivity index (χ3v) is 6.07. The van der Waals surface area contributed by atoms with E-state index in [2.05, 4.69) is 0 Å². The lowest BCUT2D eigenvalue weighted by atomic mass is 9.89. The van der Waals surface area contributed by atoms with Gasteiger partial charge in [-0.05, 0) is 29.4 Å². The number of benzene rings is 2. The summed E-state index contributed by atoms with van der Waals surface area (Å²) in [5.74, 6) is 1.24. The molecule has 1 saturated heterocycles. The summed E-state index contributed by atoms with van der Waals surface area (Å²) in [4.78, 5) is 0. The maximum atomic E-state index is 11.7. The van der Waals surface area contributed by atoms with Crippen LogP contribution in [0.3, 0.4) is 0 Å². The summed E-state index contributed by atoms with van der Waals surface area (Å²) in [6.07, 6.45) is 0.643. The SMILES string of the molecule is COc1ccc(C(N)C2CCS(=O)(=O)C2)c2ccccc12. The first kappa shape index (κ1) is 14.4. The number of fused-ring (bicyclic) bond motifs is 1. The van der Waals surface area contributed by atoms with Crippen LogP contribution in [-0.4, -0.2) is 27.0 Å². The molecule has 2 N–H and O–H groups in total. The molecule has 0 aromatic heterocycles. The van der Waals surface area contributed by atoms with Crippen molar-refractivity contribution < 1.29 is 13.2 Å². The maximum absolute atomic E-state index is 11.7. The zero-order valence-electron chi connectivity index (χ0n) is 12.0. The third-order valence-electron chi connectivity index (χ3n) is 4.27. The van der Waals surface area contributed by atoms with Gasteiger partial charge in [0, 0.05) is 11.4 Å². The molecule has 0 aliphatic carbocycles. The molecular formula is C16H19NO3S. The van der Waals surface area contributed by atoms with E-state index < -0.39 is 9.84 Å². The lowest BCUT2D eigenvalue weighted by Gasteiger charge is -2.21. The van der Waals surface area contributed by atoms with Gasteiger partial charge in [0.25, 0.3) is 0 Å². The number of nitrogens with two attached hydrogens (primary N) is 1. The zero-order valence-corrected chi connectivity index (χ0v) is 12.8. The quantitative estimate of drug-likeness (QED) is 0.944. The molecule has 0 saturated carbocycles. The van der Waals surface area contributed by atoms with Crippen LogP contribution in [0.5, 0.6) is 5.75 Å². The maximum Gasteiger partial charge on any atom is 0.150 e. The van der Waals surface area contributed by atoms with Crippen LogP contribution in [0.25, 0.3) is 10.8 Å². The Morgan fingerprint density at radius 2 is 1.90 bits per heavy atom. The minimum Gasteiger partial charge on any atom is -0.496 e. The van der Waals surface area contributed by atoms with E-state index in [0.29, 0.717) is 6.42 Å². The van der Waals surface area contributed by atoms with Crippen LogP contribution >= 0.6 is 0 Å². The smallest absolute Gasteiger partial charge is 0.150 e. The van der Waals surface area contributed by atoms with Gasteiger partial charge in [0.05, 0.1) is 18.6 Å². The molecule has 1 aliphatic heterocycles. The largest absolute Gasteiger partial charge is 0.496 e. The minimum atomic E-state index is -2.92. The second-order valence-electron chi connectivity index (χ2n) is 5.59. The number of hydrogen-bond acceptors (Lipinski definition) is 4. The molecule has 3 rings (SSSR count). The van der Waals surface area contributed by atoms with Crippen LogP contribution in [0.4, 0.5) is 0 Å². The highest BCUT2D eigenvalue weighted by Crippen LogP contribution is 2.36. The number of methoxy groups -OCH3 is 1. The fourth-order valence-electron chi connectivity index (χ4n) is 3.12. The van der Waals surface area contributed by atoms with Gasteiger partial charge in [-0.2, -0.15) is 0 Å². The summed E-state index contributed by atoms with van der Waals surface area (Å²) in [6, 6.07) is 11.5. The van der Waals surface area contributed by atoms with E-state index in [0.717, 1.165) is 22.1 Å². The summed E-state index contributed by atoms with van der Waals surface area (Å²) in [5, 5.41) is 2.04. The molecule has 1 heterocycles. The molecule has 112 valence electrons. The average molecular weight is 305 g/mol. The first-order valence-electron chi connectivity index (χ1n) is 7.03. The predicted molar refractivity (Wildman–Crippen MR) is 84.2 cm³/mol. The second-order valence-corrected chi connectivity index (χ2v) is 7.82. The molecule has 5 heteroatoms. The molecule has 2 atom stereocenters. The Morgan fingerprint density at radius 1 is 1.19 bits per heavy atom. The molecular weight excluding hydrogens is 286 g/mol. The molecule has 2 aromatic carbocycles. The summed E-state index contributed by atoms with van der Waals surface area (Å²) in [7, 11) is -1.28. The van der Waals surface area contributed by atoms with Gasteiger partial charge in [0.15, 0.2) is 9.84 Å². The van der Waals surface area contributed by atoms with E-state index in [1.54, 1.807) is 7.11 Å². The Morgan fingerprint density at radius 3 is 2.52 bits per heavy atom. The van der Waals surface area contributed by atoms with Crippen molar-refractivity contribution in [3.05, 3.63) is 42.0 Å². The topological polar surface area (TPSA) is 69.4 Å². The molecule has 1 fully saturated rings. The molecule has 0 spiro atoms. The van der Waals surface area contributed by atoms with E-state index in [9.17, 15) is 8.42 Å². The Kier molecular flexibility index (Phi) is 3.63. The Bertz CT molecular complexity index is 770. The van der Waals surface area contributed by atoms with E-state index in [1.165, 1.54) is 0 Å². The van der Waals surface area contributed by atoms with Crippen molar-refractivity contribution in [1.82, 2.24) is 0 Å². The van der Waals surface area contributed by atoms with E-state index >= 15 is 0 Å². The monoisotopic (exact) mass is 305 g/mol. The van der Waals surface area contributed by atoms with Gasteiger partial charge < -0.3 is 10.5 Å². The standard InChI is InChI=1S/C16H19NO3S/c1-20-15-7-6-14(12-4-2-3-5-13(12)15)16(17)11-8-9-21(18,19)10-11/h2-7,11,16H,8-10,17H2,1H3. The van der Waals surface area contributed by atoms with Crippen molar-refractivity contribution in [2.75, 3.05) is 18.6 Å². The van der Waals surface area contributed by atoms with Crippen LogP contribution in [0.1, 0.15) is 18.0 Å². The number of ether oxygens (including phenoxy) is 1. The fourth-order valence-corrected chi connectivity index (χ4v) is 4.98. The Balaban J connectivity index is 2.05. The summed E-state index contributed by atoms with van der Waals surface area (Å²) in [5.41, 5.74) is 7.37. The first-order valence-corrected chi connectivity index (χ1v) is 8.85. The average Bonchev–Trinajstić information content (AvgIpc) is 2.85. The fraction of sp³-hybridized carbons (Fsp3) is 0.375. The van der Waals surface area contributed by atoms with Gasteiger partial charge in [-0.15, -0.1) is 0 Å². The highest BCUT2D eigenvalue weighted by atomic mass is 32.2. The van der Waals surface area contributed by atoms with Gasteiger partial charge >= 0.3 is 0 Å². The highest BCUT2D eigenvalue weighted by Gasteiger charge is 2.33.